The van der Waals surface area contributed by atoms with Crippen molar-refractivity contribution in [2.75, 3.05) is 6.54 Å². The number of hydrogen-bond donors (Lipinski definition) is 10. The zero-order valence-corrected chi connectivity index (χ0v) is 31.5. The third kappa shape index (κ3) is 15.5. The Bertz CT molecular complexity index is 1670. The van der Waals surface area contributed by atoms with Gasteiger partial charge in [0.05, 0.1) is 19.0 Å². The maximum Gasteiger partial charge on any atom is 0.305 e. The van der Waals surface area contributed by atoms with Crippen LogP contribution in [0.3, 0.4) is 0 Å². The Hall–Kier alpha value is -6.04. The second-order valence-electron chi connectivity index (χ2n) is 13.8. The molecule has 0 heterocycles. The summed E-state index contributed by atoms with van der Waals surface area (Å²) >= 11 is 0. The van der Waals surface area contributed by atoms with Crippen molar-refractivity contribution in [2.24, 2.45) is 23.3 Å². The summed E-state index contributed by atoms with van der Waals surface area (Å²) in [5, 5.41) is 33.9. The van der Waals surface area contributed by atoms with Gasteiger partial charge in [0.25, 0.3) is 0 Å². The van der Waals surface area contributed by atoms with Gasteiger partial charge in [0.1, 0.15) is 36.0 Å². The van der Waals surface area contributed by atoms with Gasteiger partial charge in [0.15, 0.2) is 0 Å². The highest BCUT2D eigenvalue weighted by molar-refractivity contribution is 5.98. The van der Waals surface area contributed by atoms with E-state index in [1.54, 1.807) is 70.2 Å². The predicted octanol–water partition coefficient (Wildman–Crippen LogP) is -1.66. The van der Waals surface area contributed by atoms with Crippen LogP contribution < -0.4 is 43.4 Å². The van der Waals surface area contributed by atoms with Gasteiger partial charge >= 0.3 is 5.97 Å². The average Bonchev–Trinajstić information content (AvgIpc) is 3.11. The Morgan fingerprint density at radius 3 is 1.65 bits per heavy atom. The molecule has 0 spiro atoms. The van der Waals surface area contributed by atoms with Gasteiger partial charge in [0.2, 0.25) is 41.4 Å². The number of carbonyl (C=O) groups excluding carboxylic acids is 7. The molecule has 18 heteroatoms. The summed E-state index contributed by atoms with van der Waals surface area (Å²) < 4.78 is 0. The third-order valence-corrected chi connectivity index (χ3v) is 8.34. The van der Waals surface area contributed by atoms with Crippen LogP contribution in [0, 0.1) is 11.8 Å². The number of carboxylic acid groups (broad SMARTS) is 1. The van der Waals surface area contributed by atoms with E-state index in [0.29, 0.717) is 11.1 Å². The number of carbonyl (C=O) groups is 8. The summed E-state index contributed by atoms with van der Waals surface area (Å²) in [6, 6.07) is 6.87. The molecule has 2 rings (SSSR count). The molecule has 0 aliphatic rings. The first-order valence-electron chi connectivity index (χ1n) is 17.7. The minimum absolute atomic E-state index is 0.0428. The molecule has 6 atom stereocenters. The maximum absolute atomic E-state index is 13.7. The van der Waals surface area contributed by atoms with Crippen molar-refractivity contribution in [3.63, 3.8) is 0 Å². The lowest BCUT2D eigenvalue weighted by Gasteiger charge is -2.29. The molecule has 2 aromatic carbocycles. The maximum atomic E-state index is 13.7. The molecule has 0 saturated carbocycles. The van der Waals surface area contributed by atoms with Crippen LogP contribution in [0.5, 0.6) is 5.75 Å². The van der Waals surface area contributed by atoms with Crippen LogP contribution in [0.2, 0.25) is 0 Å². The van der Waals surface area contributed by atoms with Crippen molar-refractivity contribution in [1.82, 2.24) is 31.9 Å². The fourth-order valence-corrected chi connectivity index (χ4v) is 5.23. The minimum Gasteiger partial charge on any atom is -0.508 e. The van der Waals surface area contributed by atoms with Crippen LogP contribution in [0.1, 0.15) is 52.2 Å². The molecule has 7 amide bonds. The van der Waals surface area contributed by atoms with E-state index in [0.717, 1.165) is 0 Å². The highest BCUT2D eigenvalue weighted by Crippen LogP contribution is 2.12. The lowest BCUT2D eigenvalue weighted by Crippen LogP contribution is -2.61. The molecule has 55 heavy (non-hydrogen) atoms. The highest BCUT2D eigenvalue weighted by Gasteiger charge is 2.35. The third-order valence-electron chi connectivity index (χ3n) is 8.34. The van der Waals surface area contributed by atoms with E-state index in [1.165, 1.54) is 19.1 Å². The first-order chi connectivity index (χ1) is 25.8. The van der Waals surface area contributed by atoms with Gasteiger partial charge in [-0.1, -0.05) is 70.2 Å². The molecule has 2 aromatic rings. The second kappa shape index (κ2) is 21.6. The first-order valence-corrected chi connectivity index (χ1v) is 17.7. The minimum atomic E-state index is -1.72. The SMILES string of the molecule is CC(C)[C@@H](NC(=O)[C@@H](CC(=O)O)NC(=O)[C@@H](Cc1ccccc1)NC(=O)[C@H](C)NC(=O)[C@H](N)Cc1ccc(O)cc1)C(=O)N[C@@H](C(=O)NCC(N)=O)C(C)C. The van der Waals surface area contributed by atoms with Crippen molar-refractivity contribution in [1.29, 1.82) is 0 Å². The van der Waals surface area contributed by atoms with Crippen molar-refractivity contribution >= 4 is 47.3 Å². The summed E-state index contributed by atoms with van der Waals surface area (Å²) in [5.41, 5.74) is 12.4. The van der Waals surface area contributed by atoms with Gasteiger partial charge in [-0.2, -0.15) is 0 Å². The van der Waals surface area contributed by atoms with Gasteiger partial charge in [-0.15, -0.1) is 0 Å². The number of phenols is 1. The van der Waals surface area contributed by atoms with Crippen molar-refractivity contribution in [2.45, 2.75) is 90.1 Å². The van der Waals surface area contributed by atoms with Crippen LogP contribution in [-0.4, -0.2) is 100 Å². The molecule has 0 fully saturated rings. The number of rotatable bonds is 21. The Kier molecular flexibility index (Phi) is 17.7. The Labute approximate surface area is 318 Å². The molecule has 0 aromatic heterocycles. The van der Waals surface area contributed by atoms with E-state index in [1.807, 2.05) is 0 Å². The summed E-state index contributed by atoms with van der Waals surface area (Å²) in [6.45, 7) is 7.39. The van der Waals surface area contributed by atoms with Crippen LogP contribution in [0.25, 0.3) is 0 Å². The number of nitrogens with two attached hydrogens (primary N) is 2. The van der Waals surface area contributed by atoms with E-state index in [4.69, 9.17) is 11.5 Å². The number of amides is 7. The van der Waals surface area contributed by atoms with Gasteiger partial charge < -0.3 is 53.6 Å². The van der Waals surface area contributed by atoms with Crippen LogP contribution >= 0.6 is 0 Å². The molecule has 0 radical (unpaired) electrons. The summed E-state index contributed by atoms with van der Waals surface area (Å²) in [7, 11) is 0. The molecule has 0 aliphatic carbocycles. The Balaban J connectivity index is 2.23. The number of primary amides is 1. The molecular formula is C37H52N8O10. The van der Waals surface area contributed by atoms with Crippen molar-refractivity contribution in [3.05, 3.63) is 65.7 Å². The normalized spacial score (nSPS) is 14.3. The molecule has 300 valence electrons. The number of carboxylic acids is 1. The largest absolute Gasteiger partial charge is 0.508 e. The van der Waals surface area contributed by atoms with Crippen LogP contribution in [-0.2, 0) is 51.2 Å². The number of nitrogens with one attached hydrogen (secondary N) is 6. The number of hydrogen-bond acceptors (Lipinski definition) is 10. The predicted molar refractivity (Wildman–Crippen MR) is 199 cm³/mol. The smallest absolute Gasteiger partial charge is 0.305 e. The zero-order valence-electron chi connectivity index (χ0n) is 31.5. The zero-order chi connectivity index (χ0) is 41.4. The monoisotopic (exact) mass is 768 g/mol. The first kappa shape index (κ1) is 45.1. The molecule has 0 bridgehead atoms. The lowest BCUT2D eigenvalue weighted by atomic mass is 9.99. The Morgan fingerprint density at radius 2 is 1.11 bits per heavy atom. The molecular weight excluding hydrogens is 716 g/mol. The summed E-state index contributed by atoms with van der Waals surface area (Å²) in [5.74, 6) is -8.12. The van der Waals surface area contributed by atoms with Crippen LogP contribution in [0.4, 0.5) is 0 Å². The van der Waals surface area contributed by atoms with Crippen molar-refractivity contribution in [3.8, 4) is 5.75 Å². The average molecular weight is 769 g/mol. The quantitative estimate of drug-likeness (QED) is 0.0685. The Morgan fingerprint density at radius 1 is 0.600 bits per heavy atom. The van der Waals surface area contributed by atoms with E-state index >= 15 is 0 Å². The van der Waals surface area contributed by atoms with Crippen LogP contribution in [0.15, 0.2) is 54.6 Å². The summed E-state index contributed by atoms with van der Waals surface area (Å²) in [6.07, 6.45) is -0.881. The lowest BCUT2D eigenvalue weighted by molar-refractivity contribution is -0.141. The van der Waals surface area contributed by atoms with Gasteiger partial charge in [-0.05, 0) is 48.4 Å². The second-order valence-corrected chi connectivity index (χ2v) is 13.8. The fourth-order valence-electron chi connectivity index (χ4n) is 5.23. The number of aromatic hydroxyl groups is 1. The van der Waals surface area contributed by atoms with Gasteiger partial charge in [-0.3, -0.25) is 38.4 Å². The number of aliphatic carboxylic acids is 1. The molecule has 0 unspecified atom stereocenters. The highest BCUT2D eigenvalue weighted by atomic mass is 16.4. The number of benzene rings is 2. The van der Waals surface area contributed by atoms with E-state index in [-0.39, 0.29) is 18.6 Å². The van der Waals surface area contributed by atoms with Gasteiger partial charge in [-0.25, -0.2) is 0 Å². The summed E-state index contributed by atoms with van der Waals surface area (Å²) in [4.78, 5) is 102. The topological polar surface area (TPSA) is 301 Å². The molecule has 18 nitrogen and oxygen atoms in total. The van der Waals surface area contributed by atoms with Crippen molar-refractivity contribution < 1.29 is 48.6 Å². The molecule has 0 saturated heterocycles. The van der Waals surface area contributed by atoms with E-state index < -0.39 is 108 Å². The fraction of sp³-hybridized carbons (Fsp3) is 0.459. The van der Waals surface area contributed by atoms with Gasteiger partial charge in [0, 0.05) is 6.42 Å². The number of phenolic OH excluding ortho intramolecular Hbond substituents is 1. The standard InChI is InChI=1S/C37H52N8O10/c1-19(2)30(36(54)40-18-28(39)47)45-37(55)31(20(3)4)44-35(53)27(17-29(48)49)43-34(52)26(16-22-9-7-6-8-10-22)42-32(50)21(5)41-33(51)25(38)15-23-11-13-24(46)14-12-23/h6-14,19-21,25-27,30-31,46H,15-18,38H2,1-5H3,(H2,39,47)(H,40,54)(H,41,51)(H,42,50)(H,43,52)(H,44,53)(H,45,55)(H,48,49)/t21-,25+,26+,27+,30+,31+/m0/s1. The van der Waals surface area contributed by atoms with E-state index in [9.17, 15) is 48.6 Å². The molecule has 0 aliphatic heterocycles. The molecule has 12 N–H and O–H groups in total. The van der Waals surface area contributed by atoms with E-state index in [2.05, 4.69) is 31.9 Å².